The van der Waals surface area contributed by atoms with Crippen LogP contribution in [0.2, 0.25) is 0 Å². The lowest BCUT2D eigenvalue weighted by molar-refractivity contribution is 0.349. The summed E-state index contributed by atoms with van der Waals surface area (Å²) in [6.07, 6.45) is 9.96. The van der Waals surface area contributed by atoms with Crippen molar-refractivity contribution in [2.75, 3.05) is 0 Å². The van der Waals surface area contributed by atoms with E-state index in [2.05, 4.69) is 0 Å². The molecule has 0 saturated heterocycles. The molecule has 2 N–H and O–H groups in total. The van der Waals surface area contributed by atoms with Gasteiger partial charge in [0.15, 0.2) is 0 Å². The Labute approximate surface area is 69.4 Å². The maximum Gasteiger partial charge on any atom is 0.00672 e. The van der Waals surface area contributed by atoms with Gasteiger partial charge in [0, 0.05) is 6.04 Å². The Morgan fingerprint density at radius 2 is 1.64 bits per heavy atom. The molecule has 3 atom stereocenters. The predicted molar refractivity (Wildman–Crippen MR) is 47.3 cm³/mol. The molecule has 2 aliphatic carbocycles. The van der Waals surface area contributed by atoms with Crippen molar-refractivity contribution in [2.45, 2.75) is 51.0 Å². The van der Waals surface area contributed by atoms with Crippen LogP contribution >= 0.6 is 0 Å². The summed E-state index contributed by atoms with van der Waals surface area (Å²) >= 11 is 0. The van der Waals surface area contributed by atoms with Crippen molar-refractivity contribution in [2.24, 2.45) is 17.6 Å². The summed E-state index contributed by atoms with van der Waals surface area (Å²) in [5.41, 5.74) is 6.09. The molecule has 0 aromatic heterocycles. The van der Waals surface area contributed by atoms with Crippen molar-refractivity contribution in [3.63, 3.8) is 0 Å². The van der Waals surface area contributed by atoms with Crippen molar-refractivity contribution in [1.82, 2.24) is 0 Å². The first-order valence-corrected chi connectivity index (χ1v) is 5.12. The topological polar surface area (TPSA) is 26.0 Å². The molecular formula is C10H19N. The van der Waals surface area contributed by atoms with Crippen molar-refractivity contribution in [1.29, 1.82) is 0 Å². The van der Waals surface area contributed by atoms with E-state index < -0.39 is 0 Å². The van der Waals surface area contributed by atoms with Crippen molar-refractivity contribution in [3.8, 4) is 0 Å². The van der Waals surface area contributed by atoms with Gasteiger partial charge in [-0.3, -0.25) is 0 Å². The molecule has 2 rings (SSSR count). The first-order chi connectivity index (χ1) is 5.36. The Kier molecular flexibility index (Phi) is 2.17. The molecule has 0 aliphatic heterocycles. The van der Waals surface area contributed by atoms with E-state index in [-0.39, 0.29) is 0 Å². The second-order valence-electron chi connectivity index (χ2n) is 4.38. The van der Waals surface area contributed by atoms with Crippen LogP contribution in [0, 0.1) is 11.8 Å². The summed E-state index contributed by atoms with van der Waals surface area (Å²) in [5, 5.41) is 0. The molecule has 0 aromatic rings. The molecular weight excluding hydrogens is 134 g/mol. The van der Waals surface area contributed by atoms with Gasteiger partial charge in [0.05, 0.1) is 0 Å². The fraction of sp³-hybridized carbons (Fsp3) is 1.00. The largest absolute Gasteiger partial charge is 0.327 e. The summed E-state index contributed by atoms with van der Waals surface area (Å²) < 4.78 is 0. The first kappa shape index (κ1) is 7.60. The number of fused-ring (bicyclic) bond motifs is 3. The van der Waals surface area contributed by atoms with E-state index in [1.807, 2.05) is 0 Å². The molecule has 0 radical (unpaired) electrons. The van der Waals surface area contributed by atoms with Crippen molar-refractivity contribution in [3.05, 3.63) is 0 Å². The van der Waals surface area contributed by atoms with E-state index in [9.17, 15) is 0 Å². The number of rotatable bonds is 0. The Bertz CT molecular complexity index is 129. The fourth-order valence-corrected chi connectivity index (χ4v) is 2.79. The molecule has 1 nitrogen and oxygen atoms in total. The molecule has 2 aliphatic rings. The van der Waals surface area contributed by atoms with Crippen LogP contribution in [0.3, 0.4) is 0 Å². The van der Waals surface area contributed by atoms with E-state index in [1.54, 1.807) is 0 Å². The molecule has 11 heavy (non-hydrogen) atoms. The molecule has 64 valence electrons. The zero-order valence-electron chi connectivity index (χ0n) is 7.26. The van der Waals surface area contributed by atoms with Gasteiger partial charge in [-0.2, -0.15) is 0 Å². The maximum atomic E-state index is 6.09. The summed E-state index contributed by atoms with van der Waals surface area (Å²) in [6.45, 7) is 0. The highest BCUT2D eigenvalue weighted by molar-refractivity contribution is 4.82. The van der Waals surface area contributed by atoms with Crippen LogP contribution in [0.1, 0.15) is 44.9 Å². The maximum absolute atomic E-state index is 6.09. The molecule has 2 fully saturated rings. The quantitative estimate of drug-likeness (QED) is 0.568. The van der Waals surface area contributed by atoms with Gasteiger partial charge >= 0.3 is 0 Å². The Hall–Kier alpha value is -0.0400. The number of hydrogen-bond acceptors (Lipinski definition) is 1. The predicted octanol–water partition coefficient (Wildman–Crippen LogP) is 2.30. The molecule has 2 saturated carbocycles. The average molecular weight is 153 g/mol. The van der Waals surface area contributed by atoms with Crippen LogP contribution in [0.25, 0.3) is 0 Å². The van der Waals surface area contributed by atoms with Crippen LogP contribution in [-0.2, 0) is 0 Å². The third-order valence-corrected chi connectivity index (χ3v) is 3.65. The van der Waals surface area contributed by atoms with Gasteiger partial charge in [-0.15, -0.1) is 0 Å². The van der Waals surface area contributed by atoms with Crippen LogP contribution in [0.4, 0.5) is 0 Å². The summed E-state index contributed by atoms with van der Waals surface area (Å²) in [4.78, 5) is 0. The second-order valence-corrected chi connectivity index (χ2v) is 4.38. The normalized spacial score (nSPS) is 45.0. The molecule has 1 heteroatoms. The van der Waals surface area contributed by atoms with E-state index in [0.29, 0.717) is 6.04 Å². The highest BCUT2D eigenvalue weighted by Gasteiger charge is 2.27. The van der Waals surface area contributed by atoms with Gasteiger partial charge in [0.25, 0.3) is 0 Å². The van der Waals surface area contributed by atoms with Crippen LogP contribution in [0.5, 0.6) is 0 Å². The molecule has 3 unspecified atom stereocenters. The first-order valence-electron chi connectivity index (χ1n) is 5.12. The monoisotopic (exact) mass is 153 g/mol. The van der Waals surface area contributed by atoms with Gasteiger partial charge in [-0.05, 0) is 37.5 Å². The Morgan fingerprint density at radius 1 is 0.818 bits per heavy atom. The standard InChI is InChI=1S/C10H19N/c11-10-7-5-8-2-1-3-9(10)6-4-8/h8-10H,1-7,11H2. The lowest BCUT2D eigenvalue weighted by atomic mass is 9.89. The Morgan fingerprint density at radius 3 is 2.55 bits per heavy atom. The van der Waals surface area contributed by atoms with Gasteiger partial charge in [-0.1, -0.05) is 19.3 Å². The molecule has 0 heterocycles. The highest BCUT2D eigenvalue weighted by atomic mass is 14.7. The van der Waals surface area contributed by atoms with E-state index >= 15 is 0 Å². The van der Waals surface area contributed by atoms with Gasteiger partial charge < -0.3 is 5.73 Å². The minimum atomic E-state index is 0.542. The minimum absolute atomic E-state index is 0.542. The zero-order valence-corrected chi connectivity index (χ0v) is 7.26. The second kappa shape index (κ2) is 3.14. The molecule has 0 spiro atoms. The molecule has 0 amide bonds. The van der Waals surface area contributed by atoms with E-state index in [0.717, 1.165) is 11.8 Å². The zero-order chi connectivity index (χ0) is 7.68. The number of nitrogens with two attached hydrogens (primary N) is 1. The molecule has 0 aromatic carbocycles. The van der Waals surface area contributed by atoms with Crippen molar-refractivity contribution >= 4 is 0 Å². The SMILES string of the molecule is NC1CCC2CCCC1CC2. The number of hydrogen-bond donors (Lipinski definition) is 1. The lowest BCUT2D eigenvalue weighted by Gasteiger charge is -2.21. The molecule has 2 bridgehead atoms. The smallest absolute Gasteiger partial charge is 0.00672 e. The summed E-state index contributed by atoms with van der Waals surface area (Å²) in [6, 6.07) is 0.542. The van der Waals surface area contributed by atoms with E-state index in [4.69, 9.17) is 5.73 Å². The summed E-state index contributed by atoms with van der Waals surface area (Å²) in [5.74, 6) is 1.91. The van der Waals surface area contributed by atoms with Crippen LogP contribution in [0.15, 0.2) is 0 Å². The Balaban J connectivity index is 2.05. The summed E-state index contributed by atoms with van der Waals surface area (Å²) in [7, 11) is 0. The fourth-order valence-electron chi connectivity index (χ4n) is 2.79. The third kappa shape index (κ3) is 1.58. The van der Waals surface area contributed by atoms with Crippen molar-refractivity contribution < 1.29 is 0 Å². The van der Waals surface area contributed by atoms with Gasteiger partial charge in [0.2, 0.25) is 0 Å². The third-order valence-electron chi connectivity index (χ3n) is 3.65. The van der Waals surface area contributed by atoms with E-state index in [1.165, 1.54) is 44.9 Å². The highest BCUT2D eigenvalue weighted by Crippen LogP contribution is 2.36. The minimum Gasteiger partial charge on any atom is -0.327 e. The van der Waals surface area contributed by atoms with Crippen LogP contribution in [-0.4, -0.2) is 6.04 Å². The van der Waals surface area contributed by atoms with Gasteiger partial charge in [-0.25, -0.2) is 0 Å². The van der Waals surface area contributed by atoms with Crippen LogP contribution < -0.4 is 5.73 Å². The lowest BCUT2D eigenvalue weighted by Crippen LogP contribution is -2.29. The average Bonchev–Trinajstić information content (AvgIpc) is 2.29. The van der Waals surface area contributed by atoms with Gasteiger partial charge in [0.1, 0.15) is 0 Å².